The van der Waals surface area contributed by atoms with Gasteiger partial charge in [0.2, 0.25) is 0 Å². The highest BCUT2D eigenvalue weighted by Gasteiger charge is 2.12. The van der Waals surface area contributed by atoms with Crippen LogP contribution < -0.4 is 9.54 Å². The molecule has 0 aliphatic rings. The molecule has 152 valence electrons. The van der Waals surface area contributed by atoms with Crippen LogP contribution in [-0.4, -0.2) is 43.9 Å². The van der Waals surface area contributed by atoms with Crippen molar-refractivity contribution in [2.45, 2.75) is 13.0 Å². The second kappa shape index (κ2) is 9.99. The fourth-order valence-corrected chi connectivity index (χ4v) is 3.85. The van der Waals surface area contributed by atoms with Crippen LogP contribution in [0.3, 0.4) is 0 Å². The minimum absolute atomic E-state index is 0.167. The van der Waals surface area contributed by atoms with E-state index in [-0.39, 0.29) is 18.9 Å². The van der Waals surface area contributed by atoms with Gasteiger partial charge in [0.05, 0.1) is 42.5 Å². The van der Waals surface area contributed by atoms with Crippen molar-refractivity contribution in [3.63, 3.8) is 0 Å². The molecule has 1 amide bonds. The van der Waals surface area contributed by atoms with Crippen LogP contribution in [0.4, 0.5) is 0 Å². The van der Waals surface area contributed by atoms with Crippen molar-refractivity contribution in [1.29, 1.82) is 0 Å². The summed E-state index contributed by atoms with van der Waals surface area (Å²) in [5.41, 5.74) is 1.33. The summed E-state index contributed by atoms with van der Waals surface area (Å²) in [4.78, 5) is 29.0. The molecule has 0 radical (unpaired) electrons. The lowest BCUT2D eigenvalue weighted by Gasteiger charge is -2.05. The number of aromatic nitrogens is 1. The third-order valence-electron chi connectivity index (χ3n) is 4.17. The van der Waals surface area contributed by atoms with Crippen LogP contribution in [-0.2, 0) is 20.8 Å². The van der Waals surface area contributed by atoms with E-state index in [1.807, 2.05) is 41.0 Å². The first-order valence-electron chi connectivity index (χ1n) is 9.08. The number of amides is 1. The summed E-state index contributed by atoms with van der Waals surface area (Å²) >= 11 is 1.35. The number of hydrogen-bond donors (Lipinski definition) is 0. The Kier molecular flexibility index (Phi) is 7.15. The van der Waals surface area contributed by atoms with E-state index in [9.17, 15) is 9.59 Å². The zero-order valence-electron chi connectivity index (χ0n) is 16.3. The highest BCUT2D eigenvalue weighted by molar-refractivity contribution is 7.16. The third kappa shape index (κ3) is 5.30. The van der Waals surface area contributed by atoms with Crippen molar-refractivity contribution in [1.82, 2.24) is 4.57 Å². The Hall–Kier alpha value is -2.97. The maximum absolute atomic E-state index is 12.4. The van der Waals surface area contributed by atoms with Crippen molar-refractivity contribution >= 4 is 33.4 Å². The monoisotopic (exact) mass is 414 g/mol. The normalized spacial score (nSPS) is 11.6. The number of esters is 1. The first-order valence-corrected chi connectivity index (χ1v) is 9.90. The number of hydrogen-bond acceptors (Lipinski definition) is 6. The van der Waals surface area contributed by atoms with E-state index < -0.39 is 5.97 Å². The Balaban J connectivity index is 1.83. The molecular weight excluding hydrogens is 392 g/mol. The molecule has 0 saturated carbocycles. The molecule has 8 heteroatoms. The number of carbonyl (C=O) groups is 2. The average molecular weight is 414 g/mol. The minimum Gasteiger partial charge on any atom is -0.493 e. The van der Waals surface area contributed by atoms with E-state index in [0.29, 0.717) is 29.3 Å². The van der Waals surface area contributed by atoms with Crippen molar-refractivity contribution in [3.05, 3.63) is 58.9 Å². The predicted octanol–water partition coefficient (Wildman–Crippen LogP) is 3.03. The molecule has 0 aliphatic carbocycles. The molecule has 0 spiro atoms. The number of fused-ring (bicyclic) bond motifs is 1. The Labute approximate surface area is 172 Å². The topological polar surface area (TPSA) is 79.1 Å². The number of rotatable bonds is 8. The van der Waals surface area contributed by atoms with Gasteiger partial charge < -0.3 is 18.8 Å². The molecule has 0 unspecified atom stereocenters. The molecule has 1 heterocycles. The predicted molar refractivity (Wildman–Crippen MR) is 110 cm³/mol. The fraction of sp³-hybridized carbons (Fsp3) is 0.286. The maximum Gasteiger partial charge on any atom is 0.337 e. The van der Waals surface area contributed by atoms with E-state index in [0.717, 1.165) is 10.2 Å². The SMILES string of the molecule is COCCn1c(=NC(=O)CCOc2ccccc2)sc2cc(C(=O)OC)ccc21. The molecule has 0 aliphatic heterocycles. The lowest BCUT2D eigenvalue weighted by molar-refractivity contribution is -0.118. The average Bonchev–Trinajstić information content (AvgIpc) is 3.08. The van der Waals surface area contributed by atoms with Gasteiger partial charge in [-0.1, -0.05) is 29.5 Å². The number of carbonyl (C=O) groups excluding carboxylic acids is 2. The van der Waals surface area contributed by atoms with E-state index >= 15 is 0 Å². The Morgan fingerprint density at radius 2 is 1.86 bits per heavy atom. The van der Waals surface area contributed by atoms with Gasteiger partial charge in [-0.3, -0.25) is 4.79 Å². The summed E-state index contributed by atoms with van der Waals surface area (Å²) in [6, 6.07) is 14.6. The molecule has 2 aromatic carbocycles. The number of nitrogens with zero attached hydrogens (tertiary/aromatic N) is 2. The zero-order valence-corrected chi connectivity index (χ0v) is 17.1. The quantitative estimate of drug-likeness (QED) is 0.530. The van der Waals surface area contributed by atoms with E-state index in [2.05, 4.69) is 4.99 Å². The minimum atomic E-state index is -0.406. The Bertz CT molecular complexity index is 1060. The van der Waals surface area contributed by atoms with Gasteiger partial charge in [-0.25, -0.2) is 4.79 Å². The number of benzene rings is 2. The Morgan fingerprint density at radius 1 is 1.07 bits per heavy atom. The van der Waals surface area contributed by atoms with Crippen LogP contribution in [0.2, 0.25) is 0 Å². The number of para-hydroxylation sites is 1. The first kappa shape index (κ1) is 20.8. The van der Waals surface area contributed by atoms with Gasteiger partial charge in [0.1, 0.15) is 5.75 Å². The van der Waals surface area contributed by atoms with Crippen LogP contribution in [0.15, 0.2) is 53.5 Å². The molecule has 0 fully saturated rings. The molecule has 1 aromatic heterocycles. The van der Waals surface area contributed by atoms with Gasteiger partial charge in [-0.15, -0.1) is 0 Å². The molecule has 3 aromatic rings. The van der Waals surface area contributed by atoms with E-state index in [1.165, 1.54) is 18.4 Å². The van der Waals surface area contributed by atoms with Crippen LogP contribution in [0, 0.1) is 0 Å². The van der Waals surface area contributed by atoms with Crippen LogP contribution in [0.25, 0.3) is 10.2 Å². The maximum atomic E-state index is 12.4. The molecule has 0 atom stereocenters. The van der Waals surface area contributed by atoms with Crippen LogP contribution in [0.1, 0.15) is 16.8 Å². The van der Waals surface area contributed by atoms with Crippen LogP contribution in [0.5, 0.6) is 5.75 Å². The molecular formula is C21H22N2O5S. The number of thiazole rings is 1. The lowest BCUT2D eigenvalue weighted by Crippen LogP contribution is -2.19. The van der Waals surface area contributed by atoms with E-state index in [1.54, 1.807) is 19.2 Å². The zero-order chi connectivity index (χ0) is 20.6. The van der Waals surface area contributed by atoms with Crippen molar-refractivity contribution in [3.8, 4) is 5.75 Å². The smallest absolute Gasteiger partial charge is 0.337 e. The largest absolute Gasteiger partial charge is 0.493 e. The van der Waals surface area contributed by atoms with Gasteiger partial charge >= 0.3 is 5.97 Å². The molecule has 0 N–H and O–H groups in total. The molecule has 29 heavy (non-hydrogen) atoms. The van der Waals surface area contributed by atoms with Crippen molar-refractivity contribution in [2.24, 2.45) is 4.99 Å². The third-order valence-corrected chi connectivity index (χ3v) is 5.21. The summed E-state index contributed by atoms with van der Waals surface area (Å²) < 4.78 is 18.3. The summed E-state index contributed by atoms with van der Waals surface area (Å²) in [6.07, 6.45) is 0.167. The van der Waals surface area contributed by atoms with Gasteiger partial charge in [0.15, 0.2) is 4.80 Å². The first-order chi connectivity index (χ1) is 14.1. The van der Waals surface area contributed by atoms with Gasteiger partial charge in [0.25, 0.3) is 5.91 Å². The second-order valence-corrected chi connectivity index (χ2v) is 7.13. The van der Waals surface area contributed by atoms with Gasteiger partial charge in [-0.2, -0.15) is 4.99 Å². The summed E-state index contributed by atoms with van der Waals surface area (Å²) in [7, 11) is 2.96. The number of methoxy groups -OCH3 is 2. The van der Waals surface area contributed by atoms with Crippen molar-refractivity contribution in [2.75, 3.05) is 27.4 Å². The summed E-state index contributed by atoms with van der Waals surface area (Å²) in [5.74, 6) is 0.0378. The highest BCUT2D eigenvalue weighted by Crippen LogP contribution is 2.20. The molecule has 3 rings (SSSR count). The molecule has 0 bridgehead atoms. The summed E-state index contributed by atoms with van der Waals surface area (Å²) in [6.45, 7) is 1.27. The van der Waals surface area contributed by atoms with Crippen molar-refractivity contribution < 1.29 is 23.8 Å². The lowest BCUT2D eigenvalue weighted by atomic mass is 10.2. The number of ether oxygens (including phenoxy) is 3. The highest BCUT2D eigenvalue weighted by atomic mass is 32.1. The summed E-state index contributed by atoms with van der Waals surface area (Å²) in [5, 5.41) is 0. The van der Waals surface area contributed by atoms with E-state index in [4.69, 9.17) is 14.2 Å². The van der Waals surface area contributed by atoms with Gasteiger partial charge in [0, 0.05) is 13.7 Å². The van der Waals surface area contributed by atoms with Gasteiger partial charge in [-0.05, 0) is 30.3 Å². The molecule has 7 nitrogen and oxygen atoms in total. The molecule has 0 saturated heterocycles. The second-order valence-electron chi connectivity index (χ2n) is 6.12. The Morgan fingerprint density at radius 3 is 2.59 bits per heavy atom. The van der Waals surface area contributed by atoms with Crippen LogP contribution >= 0.6 is 11.3 Å². The standard InChI is InChI=1S/C21H22N2O5S/c1-26-13-11-23-17-9-8-15(20(25)27-2)14-18(17)29-21(23)22-19(24)10-12-28-16-6-4-3-5-7-16/h3-9,14H,10-13H2,1-2H3. The fourth-order valence-electron chi connectivity index (χ4n) is 2.74.